The normalized spacial score (nSPS) is 11.6. The molecule has 1 atom stereocenters. The molecule has 162 valence electrons. The maximum absolute atomic E-state index is 13.2. The van der Waals surface area contributed by atoms with Gasteiger partial charge in [0.05, 0.1) is 7.11 Å². The molecule has 0 saturated carbocycles. The molecule has 6 nitrogen and oxygen atoms in total. The van der Waals surface area contributed by atoms with Crippen LogP contribution >= 0.6 is 0 Å². The van der Waals surface area contributed by atoms with Gasteiger partial charge in [0.1, 0.15) is 17.5 Å². The average Bonchev–Trinajstić information content (AvgIpc) is 2.80. The predicted molar refractivity (Wildman–Crippen MR) is 121 cm³/mol. The number of amides is 2. The van der Waals surface area contributed by atoms with Crippen molar-refractivity contribution in [3.05, 3.63) is 72.3 Å². The Morgan fingerprint density at radius 1 is 1.03 bits per heavy atom. The highest BCUT2D eigenvalue weighted by molar-refractivity contribution is 5.90. The van der Waals surface area contributed by atoms with Crippen molar-refractivity contribution in [3.63, 3.8) is 0 Å². The Morgan fingerprint density at radius 3 is 2.55 bits per heavy atom. The van der Waals surface area contributed by atoms with Gasteiger partial charge in [-0.1, -0.05) is 48.5 Å². The molecule has 0 aromatic heterocycles. The fourth-order valence-electron chi connectivity index (χ4n) is 3.42. The van der Waals surface area contributed by atoms with Crippen molar-refractivity contribution >= 4 is 22.6 Å². The first-order chi connectivity index (χ1) is 15.0. The maximum Gasteiger partial charge on any atom is 0.261 e. The molecule has 0 saturated heterocycles. The lowest BCUT2D eigenvalue weighted by atomic mass is 10.1. The molecule has 3 aromatic carbocycles. The van der Waals surface area contributed by atoms with Gasteiger partial charge in [0, 0.05) is 18.5 Å². The van der Waals surface area contributed by atoms with Crippen LogP contribution in [0.1, 0.15) is 19.4 Å². The molecular weight excluding hydrogens is 392 g/mol. The molecule has 0 unspecified atom stereocenters. The van der Waals surface area contributed by atoms with Gasteiger partial charge in [-0.25, -0.2) is 0 Å². The number of likely N-dealkylation sites (N-methyl/N-ethyl adjacent to an activating group) is 1. The second kappa shape index (κ2) is 10.5. The fraction of sp³-hybridized carbons (Fsp3) is 0.280. The van der Waals surface area contributed by atoms with E-state index in [0.29, 0.717) is 18.0 Å². The Kier molecular flexibility index (Phi) is 7.49. The molecule has 0 spiro atoms. The molecule has 0 radical (unpaired) electrons. The number of carbonyl (C=O) groups is 2. The minimum atomic E-state index is -0.644. The highest BCUT2D eigenvalue weighted by Gasteiger charge is 2.26. The number of methoxy groups -OCH3 is 1. The SMILES string of the molecule is CCNC(=O)[C@@H](C)N(Cc1cccc(OC)c1)C(=O)COc1cccc2ccccc12. The number of nitrogens with zero attached hydrogens (tertiary/aromatic N) is 1. The van der Waals surface area contributed by atoms with Crippen LogP contribution in [-0.4, -0.2) is 43.0 Å². The molecule has 0 heterocycles. The zero-order valence-corrected chi connectivity index (χ0v) is 18.1. The first-order valence-corrected chi connectivity index (χ1v) is 10.3. The topological polar surface area (TPSA) is 67.9 Å². The third-order valence-corrected chi connectivity index (χ3v) is 5.11. The van der Waals surface area contributed by atoms with Crippen LogP contribution in [0.3, 0.4) is 0 Å². The number of benzene rings is 3. The summed E-state index contributed by atoms with van der Waals surface area (Å²) in [5.41, 5.74) is 0.869. The molecular formula is C25H28N2O4. The summed E-state index contributed by atoms with van der Waals surface area (Å²) in [6, 6.07) is 20.4. The van der Waals surface area contributed by atoms with E-state index in [-0.39, 0.29) is 25.0 Å². The molecule has 6 heteroatoms. The van der Waals surface area contributed by atoms with Crippen LogP contribution in [0.5, 0.6) is 11.5 Å². The highest BCUT2D eigenvalue weighted by Crippen LogP contribution is 2.25. The summed E-state index contributed by atoms with van der Waals surface area (Å²) < 4.78 is 11.2. The van der Waals surface area contributed by atoms with E-state index in [2.05, 4.69) is 5.32 Å². The van der Waals surface area contributed by atoms with Crippen LogP contribution < -0.4 is 14.8 Å². The van der Waals surface area contributed by atoms with Crippen molar-refractivity contribution in [2.75, 3.05) is 20.3 Å². The number of nitrogens with one attached hydrogen (secondary N) is 1. The largest absolute Gasteiger partial charge is 0.497 e. The van der Waals surface area contributed by atoms with Crippen molar-refractivity contribution < 1.29 is 19.1 Å². The quantitative estimate of drug-likeness (QED) is 0.572. The highest BCUT2D eigenvalue weighted by atomic mass is 16.5. The van der Waals surface area contributed by atoms with Crippen LogP contribution in [0.25, 0.3) is 10.8 Å². The Labute approximate surface area is 182 Å². The Bertz CT molecular complexity index is 1050. The Morgan fingerprint density at radius 2 is 1.77 bits per heavy atom. The molecule has 1 N–H and O–H groups in total. The molecule has 0 aliphatic heterocycles. The predicted octanol–water partition coefficient (Wildman–Crippen LogP) is 3.78. The lowest BCUT2D eigenvalue weighted by Gasteiger charge is -2.28. The van der Waals surface area contributed by atoms with E-state index in [0.717, 1.165) is 16.3 Å². The van der Waals surface area contributed by atoms with Gasteiger partial charge in [0.25, 0.3) is 5.91 Å². The zero-order valence-electron chi connectivity index (χ0n) is 18.1. The first kappa shape index (κ1) is 22.2. The summed E-state index contributed by atoms with van der Waals surface area (Å²) in [5.74, 6) is 0.861. The number of hydrogen-bond donors (Lipinski definition) is 1. The van der Waals surface area contributed by atoms with E-state index < -0.39 is 6.04 Å². The van der Waals surface area contributed by atoms with Gasteiger partial charge in [0.2, 0.25) is 5.91 Å². The number of carbonyl (C=O) groups excluding carboxylic acids is 2. The summed E-state index contributed by atoms with van der Waals surface area (Å²) in [7, 11) is 1.59. The van der Waals surface area contributed by atoms with E-state index in [4.69, 9.17) is 9.47 Å². The minimum absolute atomic E-state index is 0.165. The van der Waals surface area contributed by atoms with E-state index in [1.54, 1.807) is 14.0 Å². The van der Waals surface area contributed by atoms with Crippen LogP contribution in [0.15, 0.2) is 66.7 Å². The molecule has 31 heavy (non-hydrogen) atoms. The lowest BCUT2D eigenvalue weighted by Crippen LogP contribution is -2.49. The zero-order chi connectivity index (χ0) is 22.2. The van der Waals surface area contributed by atoms with Crippen molar-refractivity contribution in [1.82, 2.24) is 10.2 Å². The smallest absolute Gasteiger partial charge is 0.261 e. The van der Waals surface area contributed by atoms with Crippen LogP contribution in [0, 0.1) is 0 Å². The lowest BCUT2D eigenvalue weighted by molar-refractivity contribution is -0.142. The Balaban J connectivity index is 1.79. The van der Waals surface area contributed by atoms with E-state index >= 15 is 0 Å². The minimum Gasteiger partial charge on any atom is -0.497 e. The van der Waals surface area contributed by atoms with E-state index in [1.165, 1.54) is 4.90 Å². The van der Waals surface area contributed by atoms with Crippen molar-refractivity contribution in [3.8, 4) is 11.5 Å². The fourth-order valence-corrected chi connectivity index (χ4v) is 3.42. The third kappa shape index (κ3) is 5.54. The number of hydrogen-bond acceptors (Lipinski definition) is 4. The molecule has 2 amide bonds. The summed E-state index contributed by atoms with van der Waals surface area (Å²) in [6.45, 7) is 4.18. The number of rotatable bonds is 9. The summed E-state index contributed by atoms with van der Waals surface area (Å²) in [5, 5.41) is 4.77. The molecule has 0 aliphatic carbocycles. The van der Waals surface area contributed by atoms with Gasteiger partial charge in [-0.15, -0.1) is 0 Å². The summed E-state index contributed by atoms with van der Waals surface area (Å²) >= 11 is 0. The number of fused-ring (bicyclic) bond motifs is 1. The van der Waals surface area contributed by atoms with Crippen LogP contribution in [-0.2, 0) is 16.1 Å². The molecule has 3 rings (SSSR count). The van der Waals surface area contributed by atoms with Crippen molar-refractivity contribution in [1.29, 1.82) is 0 Å². The van der Waals surface area contributed by atoms with Gasteiger partial charge in [-0.05, 0) is 43.0 Å². The standard InChI is InChI=1S/C25H28N2O4/c1-4-26-25(29)18(2)27(16-19-9-7-12-21(15-19)30-3)24(28)17-31-23-14-8-11-20-10-5-6-13-22(20)23/h5-15,18H,4,16-17H2,1-3H3,(H,26,29)/t18-/m1/s1. The Hall–Kier alpha value is -3.54. The molecule has 0 aliphatic rings. The second-order valence-electron chi connectivity index (χ2n) is 7.21. The van der Waals surface area contributed by atoms with Crippen molar-refractivity contribution in [2.24, 2.45) is 0 Å². The van der Waals surface area contributed by atoms with E-state index in [9.17, 15) is 9.59 Å². The van der Waals surface area contributed by atoms with E-state index in [1.807, 2.05) is 73.7 Å². The number of ether oxygens (including phenoxy) is 2. The van der Waals surface area contributed by atoms with Gasteiger partial charge in [-0.3, -0.25) is 9.59 Å². The average molecular weight is 421 g/mol. The first-order valence-electron chi connectivity index (χ1n) is 10.3. The summed E-state index contributed by atoms with van der Waals surface area (Å²) in [6.07, 6.45) is 0. The maximum atomic E-state index is 13.2. The molecule has 0 fully saturated rings. The molecule has 3 aromatic rings. The van der Waals surface area contributed by atoms with Gasteiger partial charge < -0.3 is 19.7 Å². The van der Waals surface area contributed by atoms with Gasteiger partial charge >= 0.3 is 0 Å². The monoisotopic (exact) mass is 420 g/mol. The second-order valence-corrected chi connectivity index (χ2v) is 7.21. The summed E-state index contributed by atoms with van der Waals surface area (Å²) in [4.78, 5) is 27.2. The molecule has 0 bridgehead atoms. The van der Waals surface area contributed by atoms with Crippen molar-refractivity contribution in [2.45, 2.75) is 26.4 Å². The van der Waals surface area contributed by atoms with Gasteiger partial charge in [0.15, 0.2) is 6.61 Å². The van der Waals surface area contributed by atoms with Gasteiger partial charge in [-0.2, -0.15) is 0 Å². The van der Waals surface area contributed by atoms with Crippen LogP contribution in [0.2, 0.25) is 0 Å². The van der Waals surface area contributed by atoms with Crippen LogP contribution in [0.4, 0.5) is 0 Å². The third-order valence-electron chi connectivity index (χ3n) is 5.11.